The molecule has 4 aromatic rings. The summed E-state index contributed by atoms with van der Waals surface area (Å²) in [6.45, 7) is 8.96. The van der Waals surface area contributed by atoms with E-state index in [1.54, 1.807) is 66.7 Å². The van der Waals surface area contributed by atoms with E-state index in [0.717, 1.165) is 74.3 Å². The van der Waals surface area contributed by atoms with E-state index >= 15 is 0 Å². The van der Waals surface area contributed by atoms with Crippen molar-refractivity contribution in [2.24, 2.45) is 10.2 Å². The van der Waals surface area contributed by atoms with Crippen LogP contribution in [0.1, 0.15) is 88.8 Å². The molecule has 1 atom stereocenters. The molecule has 14 nitrogen and oxygen atoms in total. The molecule has 0 heterocycles. The lowest BCUT2D eigenvalue weighted by atomic mass is 10.1. The van der Waals surface area contributed by atoms with Gasteiger partial charge in [0.1, 0.15) is 29.4 Å². The Labute approximate surface area is 362 Å². The summed E-state index contributed by atoms with van der Waals surface area (Å²) in [5, 5.41) is 17.5. The smallest absolute Gasteiger partial charge is 0.343 e. The third kappa shape index (κ3) is 18.3. The predicted molar refractivity (Wildman–Crippen MR) is 234 cm³/mol. The van der Waals surface area contributed by atoms with Crippen molar-refractivity contribution in [1.29, 1.82) is 0 Å². The first-order chi connectivity index (χ1) is 30.3. The van der Waals surface area contributed by atoms with Crippen LogP contribution >= 0.6 is 0 Å². The van der Waals surface area contributed by atoms with Crippen LogP contribution in [0, 0.1) is 0 Å². The number of methoxy groups -OCH3 is 1. The Morgan fingerprint density at radius 3 is 1.84 bits per heavy atom. The monoisotopic (exact) mass is 850 g/mol. The molecule has 328 valence electrons. The summed E-state index contributed by atoms with van der Waals surface area (Å²) in [6, 6.07) is 25.8. The summed E-state index contributed by atoms with van der Waals surface area (Å²) < 4.78 is 32.2. The van der Waals surface area contributed by atoms with Crippen molar-refractivity contribution in [2.75, 3.05) is 33.5 Å². The molecule has 0 aromatic heterocycles. The number of rotatable bonds is 29. The maximum absolute atomic E-state index is 12.7. The second-order valence-electron chi connectivity index (χ2n) is 13.6. The molecule has 0 aliphatic carbocycles. The number of benzene rings is 4. The maximum Gasteiger partial charge on any atom is 0.343 e. The Bertz CT molecular complexity index is 2050. The molecule has 4 rings (SSSR count). The van der Waals surface area contributed by atoms with Crippen LogP contribution in [0.4, 0.5) is 0 Å². The number of unbranched alkanes of at least 4 members (excludes halogenated alkanes) is 6. The van der Waals surface area contributed by atoms with Crippen molar-refractivity contribution in [3.63, 3.8) is 0 Å². The third-order valence-corrected chi connectivity index (χ3v) is 8.88. The van der Waals surface area contributed by atoms with Gasteiger partial charge >= 0.3 is 17.9 Å². The number of hydrogen-bond acceptors (Lipinski definition) is 14. The normalized spacial score (nSPS) is 11.5. The number of aliphatic hydroxyl groups is 1. The number of nitrogens with zero attached hydrogens (tertiary/aromatic N) is 2. The molecule has 1 unspecified atom stereocenters. The Balaban J connectivity index is 1.15. The van der Waals surface area contributed by atoms with Gasteiger partial charge in [-0.25, -0.2) is 14.4 Å². The van der Waals surface area contributed by atoms with Crippen LogP contribution in [0.5, 0.6) is 23.0 Å². The Morgan fingerprint density at radius 1 is 0.661 bits per heavy atom. The van der Waals surface area contributed by atoms with Gasteiger partial charge in [0.2, 0.25) is 0 Å². The fraction of sp³-hybridized carbons (Fsp3) is 0.312. The molecule has 0 radical (unpaired) electrons. The number of carbonyl (C=O) groups excluding carboxylic acids is 3. The number of carbonyl (C=O) groups is 3. The highest BCUT2D eigenvalue weighted by Crippen LogP contribution is 2.23. The Hall–Kier alpha value is -6.61. The number of esters is 3. The molecule has 0 saturated heterocycles. The van der Waals surface area contributed by atoms with Gasteiger partial charge in [-0.1, -0.05) is 31.7 Å². The second kappa shape index (κ2) is 28.0. The molecule has 4 aromatic carbocycles. The molecule has 1 N–H and O–H groups in total. The summed E-state index contributed by atoms with van der Waals surface area (Å²) in [6.07, 6.45) is 11.8. The molecule has 0 saturated carbocycles. The first-order valence-electron chi connectivity index (χ1n) is 20.3. The van der Waals surface area contributed by atoms with Crippen LogP contribution in [-0.2, 0) is 30.5 Å². The molecule has 14 heteroatoms. The lowest BCUT2D eigenvalue weighted by Gasteiger charge is -2.10. The lowest BCUT2D eigenvalue weighted by Crippen LogP contribution is -2.09. The van der Waals surface area contributed by atoms with E-state index in [4.69, 9.17) is 38.2 Å². The predicted octanol–water partition coefficient (Wildman–Crippen LogP) is 8.78. The number of ether oxygens (including phenoxy) is 6. The highest BCUT2D eigenvalue weighted by Gasteiger charge is 2.15. The first-order valence-corrected chi connectivity index (χ1v) is 20.3. The highest BCUT2D eigenvalue weighted by atomic mass is 17.2. The SMILES string of the molecule is C=CC(=O)OCCCCCCOc1ccc(COOc2ccc(/C=N/N=C/c3ccc(OC(=O)c4ccc(OCCCCCCOC(O)C=C)cc4)cc3)cc2C(=O)OC)cc1. The molecule has 62 heavy (non-hydrogen) atoms. The zero-order chi connectivity index (χ0) is 44.2. The van der Waals surface area contributed by atoms with E-state index in [2.05, 4.69) is 23.4 Å². The van der Waals surface area contributed by atoms with E-state index in [-0.39, 0.29) is 17.9 Å². The van der Waals surface area contributed by atoms with Crippen molar-refractivity contribution >= 4 is 30.3 Å². The standard InChI is InChI=1S/C48H54N2O12/c1-4-45(51)58-30-12-8-6-10-28-56-40-21-16-37(17-22-40)35-60-62-44-27-18-38(32-43(44)48(54)55-3)34-50-49-33-36-14-23-42(24-15-36)61-47(53)39-19-25-41(26-20-39)57-29-11-7-9-13-31-59-46(52)5-2/h4-5,14-27,32-34,46,52H,1-2,6-13,28-31,35H2,3H3/b49-33+,50-34+. The van der Waals surface area contributed by atoms with Gasteiger partial charge in [0.15, 0.2) is 12.0 Å². The number of aliphatic hydroxyl groups excluding tert-OH is 1. The highest BCUT2D eigenvalue weighted by molar-refractivity contribution is 5.95. The Morgan fingerprint density at radius 2 is 1.23 bits per heavy atom. The molecule has 0 aliphatic rings. The first kappa shape index (κ1) is 48.1. The third-order valence-electron chi connectivity index (χ3n) is 8.88. The maximum atomic E-state index is 12.7. The van der Waals surface area contributed by atoms with Gasteiger partial charge in [-0.15, -0.1) is 0 Å². The Kier molecular flexibility index (Phi) is 21.7. The molecule has 0 aliphatic heterocycles. The lowest BCUT2D eigenvalue weighted by molar-refractivity contribution is -0.217. The van der Waals surface area contributed by atoms with Gasteiger partial charge in [-0.3, -0.25) is 0 Å². The van der Waals surface area contributed by atoms with Gasteiger partial charge in [-0.05, 0) is 147 Å². The zero-order valence-corrected chi connectivity index (χ0v) is 35.0. The minimum atomic E-state index is -0.916. The topological polar surface area (TPSA) is 170 Å². The summed E-state index contributed by atoms with van der Waals surface area (Å²) >= 11 is 0. The van der Waals surface area contributed by atoms with E-state index < -0.39 is 24.2 Å². The quantitative estimate of drug-likeness (QED) is 0.00635. The van der Waals surface area contributed by atoms with Gasteiger partial charge in [0.25, 0.3) is 0 Å². The van der Waals surface area contributed by atoms with E-state index in [9.17, 15) is 19.5 Å². The summed E-state index contributed by atoms with van der Waals surface area (Å²) in [4.78, 5) is 47.2. The van der Waals surface area contributed by atoms with Crippen LogP contribution in [0.25, 0.3) is 0 Å². The van der Waals surface area contributed by atoms with Crippen LogP contribution in [0.15, 0.2) is 127 Å². The van der Waals surface area contributed by atoms with Crippen molar-refractivity contribution < 1.29 is 57.7 Å². The minimum absolute atomic E-state index is 0.118. The van der Waals surface area contributed by atoms with Crippen molar-refractivity contribution in [3.05, 3.63) is 144 Å². The van der Waals surface area contributed by atoms with Crippen molar-refractivity contribution in [2.45, 2.75) is 64.3 Å². The summed E-state index contributed by atoms with van der Waals surface area (Å²) in [5.74, 6) is 0.419. The molecular weight excluding hydrogens is 797 g/mol. The van der Waals surface area contributed by atoms with Crippen LogP contribution < -0.4 is 19.1 Å². The second-order valence-corrected chi connectivity index (χ2v) is 13.6. The molecule has 0 amide bonds. The number of hydrogen-bond donors (Lipinski definition) is 1. The van der Waals surface area contributed by atoms with E-state index in [0.29, 0.717) is 49.1 Å². The minimum Gasteiger partial charge on any atom is -0.494 e. The summed E-state index contributed by atoms with van der Waals surface area (Å²) in [7, 11) is 1.27. The van der Waals surface area contributed by atoms with Crippen LogP contribution in [-0.4, -0.2) is 75.3 Å². The molecular formula is C48H54N2O12. The zero-order valence-electron chi connectivity index (χ0n) is 35.0. The average molecular weight is 851 g/mol. The molecule has 0 bridgehead atoms. The molecule has 0 fully saturated rings. The van der Waals surface area contributed by atoms with Gasteiger partial charge in [0, 0.05) is 6.08 Å². The van der Waals surface area contributed by atoms with Crippen LogP contribution in [0.2, 0.25) is 0 Å². The van der Waals surface area contributed by atoms with Gasteiger partial charge < -0.3 is 38.4 Å². The van der Waals surface area contributed by atoms with Gasteiger partial charge in [-0.2, -0.15) is 15.1 Å². The van der Waals surface area contributed by atoms with Crippen molar-refractivity contribution in [1.82, 2.24) is 0 Å². The fourth-order valence-electron chi connectivity index (χ4n) is 5.49. The van der Waals surface area contributed by atoms with E-state index in [1.807, 2.05) is 24.3 Å². The molecule has 0 spiro atoms. The van der Waals surface area contributed by atoms with Gasteiger partial charge in [0.05, 0.1) is 51.5 Å². The largest absolute Gasteiger partial charge is 0.494 e. The van der Waals surface area contributed by atoms with E-state index in [1.165, 1.54) is 25.6 Å². The fourth-order valence-corrected chi connectivity index (χ4v) is 5.49. The average Bonchev–Trinajstić information content (AvgIpc) is 3.30. The summed E-state index contributed by atoms with van der Waals surface area (Å²) in [5.41, 5.74) is 2.65. The van der Waals surface area contributed by atoms with Crippen LogP contribution in [0.3, 0.4) is 0 Å². The van der Waals surface area contributed by atoms with Crippen molar-refractivity contribution in [3.8, 4) is 23.0 Å².